The largest absolute Gasteiger partial charge is 0.381 e. The van der Waals surface area contributed by atoms with Crippen LogP contribution in [-0.4, -0.2) is 15.3 Å². The first kappa shape index (κ1) is 18.0. The molecule has 0 saturated heterocycles. The molecule has 0 amide bonds. The number of hydrogen-bond acceptors (Lipinski definition) is 2. The Morgan fingerprint density at radius 3 is 2.11 bits per heavy atom. The molecule has 0 aliphatic heterocycles. The van der Waals surface area contributed by atoms with Crippen molar-refractivity contribution in [2.75, 3.05) is 0 Å². The Morgan fingerprint density at radius 1 is 0.821 bits per heavy atom. The van der Waals surface area contributed by atoms with Gasteiger partial charge in [0.05, 0.1) is 5.69 Å². The molecule has 0 bridgehead atoms. The number of H-pyrrole nitrogens is 1. The van der Waals surface area contributed by atoms with Gasteiger partial charge in [-0.3, -0.25) is 5.10 Å². The third-order valence-electron chi connectivity index (χ3n) is 4.79. The normalized spacial score (nSPS) is 13.5. The molecule has 3 aromatic carbocycles. The molecule has 0 aliphatic rings. The van der Waals surface area contributed by atoms with Crippen LogP contribution in [0, 0.1) is 0 Å². The summed E-state index contributed by atoms with van der Waals surface area (Å²) in [5.41, 5.74) is 3.55. The molecule has 1 aromatic heterocycles. The molecule has 1 heterocycles. The van der Waals surface area contributed by atoms with Crippen LogP contribution in [0.1, 0.15) is 16.8 Å². The number of hydrogen-bond donors (Lipinski definition) is 2. The Bertz CT molecular complexity index is 1040. The molecule has 0 spiro atoms. The third kappa shape index (κ3) is 4.11. The van der Waals surface area contributed by atoms with E-state index in [-0.39, 0.29) is 0 Å². The van der Waals surface area contributed by atoms with Gasteiger partial charge >= 0.3 is 0 Å². The first-order valence-electron chi connectivity index (χ1n) is 9.35. The van der Waals surface area contributed by atoms with Gasteiger partial charge in [-0.2, -0.15) is 5.10 Å². The van der Waals surface area contributed by atoms with Crippen LogP contribution in [-0.2, 0) is 12.0 Å². The number of nitrogens with zero attached hydrogens (tertiary/aromatic N) is 1. The van der Waals surface area contributed by atoms with Gasteiger partial charge in [0.1, 0.15) is 5.60 Å². The predicted molar refractivity (Wildman–Crippen MR) is 114 cm³/mol. The summed E-state index contributed by atoms with van der Waals surface area (Å²) in [4.78, 5) is 0. The number of aromatic nitrogens is 2. The van der Waals surface area contributed by atoms with E-state index in [1.807, 2.05) is 109 Å². The van der Waals surface area contributed by atoms with Crippen molar-refractivity contribution >= 4 is 6.08 Å². The Morgan fingerprint density at radius 2 is 1.43 bits per heavy atom. The van der Waals surface area contributed by atoms with Gasteiger partial charge in [-0.05, 0) is 23.3 Å². The third-order valence-corrected chi connectivity index (χ3v) is 4.79. The topological polar surface area (TPSA) is 48.9 Å². The van der Waals surface area contributed by atoms with Crippen molar-refractivity contribution in [3.8, 4) is 11.3 Å². The van der Waals surface area contributed by atoms with E-state index in [9.17, 15) is 5.11 Å². The van der Waals surface area contributed by atoms with Crippen LogP contribution in [0.2, 0.25) is 0 Å². The fraction of sp³-hybridized carbons (Fsp3) is 0.0800. The van der Waals surface area contributed by atoms with Crippen LogP contribution in [0.5, 0.6) is 0 Å². The SMILES string of the molecule is OC(/C=C\c1ccccc1)(Cc1cc(-c2ccccc2)n[nH]1)c1ccccc1. The standard InChI is InChI=1S/C25H22N2O/c28-25(22-14-8-3-9-15-22,17-16-20-10-4-1-5-11-20)19-23-18-24(27-26-23)21-12-6-2-7-13-21/h1-18,28H,19H2,(H,26,27)/b17-16-. The Labute approximate surface area is 165 Å². The number of aliphatic hydroxyl groups is 1. The van der Waals surface area contributed by atoms with Crippen molar-refractivity contribution in [3.63, 3.8) is 0 Å². The van der Waals surface area contributed by atoms with Gasteiger partial charge in [0.2, 0.25) is 0 Å². The highest BCUT2D eigenvalue weighted by Crippen LogP contribution is 2.29. The summed E-state index contributed by atoms with van der Waals surface area (Å²) >= 11 is 0. The van der Waals surface area contributed by atoms with Crippen molar-refractivity contribution in [1.29, 1.82) is 0 Å². The van der Waals surface area contributed by atoms with Crippen LogP contribution in [0.25, 0.3) is 17.3 Å². The van der Waals surface area contributed by atoms with E-state index in [2.05, 4.69) is 10.2 Å². The van der Waals surface area contributed by atoms with Crippen LogP contribution < -0.4 is 0 Å². The second-order valence-corrected chi connectivity index (χ2v) is 6.86. The molecule has 1 unspecified atom stereocenters. The zero-order valence-corrected chi connectivity index (χ0v) is 15.5. The molecular weight excluding hydrogens is 344 g/mol. The highest BCUT2D eigenvalue weighted by Gasteiger charge is 2.27. The first-order chi connectivity index (χ1) is 13.7. The maximum absolute atomic E-state index is 11.5. The number of benzene rings is 3. The molecule has 4 rings (SSSR count). The summed E-state index contributed by atoms with van der Waals surface area (Å²) in [6.07, 6.45) is 4.22. The van der Waals surface area contributed by atoms with Crippen LogP contribution in [0.15, 0.2) is 103 Å². The molecule has 28 heavy (non-hydrogen) atoms. The molecule has 4 aromatic rings. The summed E-state index contributed by atoms with van der Waals surface area (Å²) in [6, 6.07) is 31.8. The summed E-state index contributed by atoms with van der Waals surface area (Å²) in [5, 5.41) is 19.0. The maximum atomic E-state index is 11.5. The highest BCUT2D eigenvalue weighted by atomic mass is 16.3. The molecule has 138 valence electrons. The lowest BCUT2D eigenvalue weighted by Gasteiger charge is -2.24. The van der Waals surface area contributed by atoms with E-state index >= 15 is 0 Å². The summed E-state index contributed by atoms with van der Waals surface area (Å²) in [7, 11) is 0. The maximum Gasteiger partial charge on any atom is 0.114 e. The van der Waals surface area contributed by atoms with Gasteiger partial charge in [0, 0.05) is 17.7 Å². The molecule has 0 aliphatic carbocycles. The van der Waals surface area contributed by atoms with Gasteiger partial charge in [-0.15, -0.1) is 0 Å². The van der Waals surface area contributed by atoms with Crippen LogP contribution in [0.3, 0.4) is 0 Å². The minimum atomic E-state index is -1.14. The summed E-state index contributed by atoms with van der Waals surface area (Å²) < 4.78 is 0. The molecule has 0 saturated carbocycles. The van der Waals surface area contributed by atoms with E-state index in [1.165, 1.54) is 0 Å². The Kier molecular flexibility index (Phi) is 5.18. The van der Waals surface area contributed by atoms with Crippen molar-refractivity contribution < 1.29 is 5.11 Å². The molecule has 0 fully saturated rings. The lowest BCUT2D eigenvalue weighted by Crippen LogP contribution is -2.26. The van der Waals surface area contributed by atoms with Crippen LogP contribution >= 0.6 is 0 Å². The van der Waals surface area contributed by atoms with Crippen molar-refractivity contribution in [2.24, 2.45) is 0 Å². The van der Waals surface area contributed by atoms with Gasteiger partial charge in [-0.1, -0.05) is 97.1 Å². The second-order valence-electron chi connectivity index (χ2n) is 6.86. The lowest BCUT2D eigenvalue weighted by atomic mass is 9.88. The minimum Gasteiger partial charge on any atom is -0.381 e. The molecule has 3 nitrogen and oxygen atoms in total. The van der Waals surface area contributed by atoms with E-state index in [1.54, 1.807) is 0 Å². The highest BCUT2D eigenvalue weighted by molar-refractivity contribution is 5.59. The molecule has 2 N–H and O–H groups in total. The van der Waals surface area contributed by atoms with Gasteiger partial charge < -0.3 is 5.11 Å². The molecule has 3 heteroatoms. The Hall–Kier alpha value is -3.43. The fourth-order valence-electron chi connectivity index (χ4n) is 3.28. The van der Waals surface area contributed by atoms with Crippen molar-refractivity contribution in [3.05, 3.63) is 120 Å². The van der Waals surface area contributed by atoms with E-state index in [0.717, 1.165) is 28.1 Å². The quantitative estimate of drug-likeness (QED) is 0.491. The molecule has 1 atom stereocenters. The first-order valence-corrected chi connectivity index (χ1v) is 9.35. The van der Waals surface area contributed by atoms with E-state index < -0.39 is 5.60 Å². The van der Waals surface area contributed by atoms with Gasteiger partial charge in [-0.25, -0.2) is 0 Å². The fourth-order valence-corrected chi connectivity index (χ4v) is 3.28. The average Bonchev–Trinajstić information content (AvgIpc) is 3.23. The smallest absolute Gasteiger partial charge is 0.114 e. The average molecular weight is 366 g/mol. The number of aromatic amines is 1. The van der Waals surface area contributed by atoms with Crippen molar-refractivity contribution in [1.82, 2.24) is 10.2 Å². The molecule has 0 radical (unpaired) electrons. The predicted octanol–water partition coefficient (Wildman–Crippen LogP) is 5.22. The Balaban J connectivity index is 1.65. The minimum absolute atomic E-state index is 0.403. The lowest BCUT2D eigenvalue weighted by molar-refractivity contribution is 0.0896. The zero-order chi connectivity index (χ0) is 19.2. The summed E-state index contributed by atoms with van der Waals surface area (Å²) in [6.45, 7) is 0. The van der Waals surface area contributed by atoms with E-state index in [0.29, 0.717) is 6.42 Å². The van der Waals surface area contributed by atoms with Crippen LogP contribution in [0.4, 0.5) is 0 Å². The summed E-state index contributed by atoms with van der Waals surface area (Å²) in [5.74, 6) is 0. The monoisotopic (exact) mass is 366 g/mol. The van der Waals surface area contributed by atoms with Crippen molar-refractivity contribution in [2.45, 2.75) is 12.0 Å². The van der Waals surface area contributed by atoms with E-state index in [4.69, 9.17) is 0 Å². The van der Waals surface area contributed by atoms with Gasteiger partial charge in [0.25, 0.3) is 0 Å². The number of nitrogens with one attached hydrogen (secondary N) is 1. The molecular formula is C25H22N2O. The number of rotatable bonds is 6. The zero-order valence-electron chi connectivity index (χ0n) is 15.5. The van der Waals surface area contributed by atoms with Gasteiger partial charge in [0.15, 0.2) is 0 Å². The second kappa shape index (κ2) is 8.07.